The molecule has 0 fully saturated rings. The van der Waals surface area contributed by atoms with E-state index in [9.17, 15) is 35.9 Å². The molecule has 0 rings (SSSR count). The Morgan fingerprint density at radius 2 is 1.53 bits per heavy atom. The second kappa shape index (κ2) is 6.11. The fourth-order valence-electron chi connectivity index (χ4n) is 1.28. The van der Waals surface area contributed by atoms with E-state index in [1.165, 1.54) is 12.2 Å². The molecule has 0 aliphatic heterocycles. The van der Waals surface area contributed by atoms with Gasteiger partial charge in [-0.25, -0.2) is 0 Å². The molecule has 0 aliphatic carbocycles. The van der Waals surface area contributed by atoms with Crippen LogP contribution in [0.15, 0.2) is 0 Å². The van der Waals surface area contributed by atoms with Crippen LogP contribution in [0.3, 0.4) is 0 Å². The van der Waals surface area contributed by atoms with E-state index >= 15 is 0 Å². The topological polar surface area (TPSA) is 66.4 Å². The maximum absolute atomic E-state index is 12.2. The molecule has 112 valence electrons. The first-order valence-electron chi connectivity index (χ1n) is 5.05. The van der Waals surface area contributed by atoms with Crippen LogP contribution < -0.4 is 5.32 Å². The van der Waals surface area contributed by atoms with Gasteiger partial charge in [0.2, 0.25) is 11.8 Å². The normalized spacial score (nSPS) is 14.3. The van der Waals surface area contributed by atoms with Crippen molar-refractivity contribution < 1.29 is 41.0 Å². The number of nitrogens with one attached hydrogen (secondary N) is 1. The first-order chi connectivity index (χ1) is 8.39. The lowest BCUT2D eigenvalue weighted by atomic mass is 10.1. The third kappa shape index (κ3) is 5.79. The van der Waals surface area contributed by atoms with Crippen LogP contribution >= 0.6 is 0 Å². The van der Waals surface area contributed by atoms with E-state index in [1.54, 1.807) is 0 Å². The van der Waals surface area contributed by atoms with Crippen molar-refractivity contribution in [3.63, 3.8) is 0 Å². The third-order valence-corrected chi connectivity index (χ3v) is 2.18. The van der Waals surface area contributed by atoms with Gasteiger partial charge in [-0.3, -0.25) is 9.59 Å². The van der Waals surface area contributed by atoms with Gasteiger partial charge >= 0.3 is 18.3 Å². The molecule has 2 N–H and O–H groups in total. The zero-order valence-electron chi connectivity index (χ0n) is 9.60. The number of rotatable bonds is 5. The fourth-order valence-corrected chi connectivity index (χ4v) is 1.28. The Hall–Kier alpha value is -1.48. The number of carbonyl (C=O) groups excluding carboxylic acids is 1. The summed E-state index contributed by atoms with van der Waals surface area (Å²) in [7, 11) is 0. The molecule has 0 bridgehead atoms. The summed E-state index contributed by atoms with van der Waals surface area (Å²) in [5, 5.41) is 9.84. The van der Waals surface area contributed by atoms with Crippen LogP contribution in [0.2, 0.25) is 0 Å². The molecule has 0 aromatic carbocycles. The summed E-state index contributed by atoms with van der Waals surface area (Å²) < 4.78 is 73.1. The minimum atomic E-state index is -5.79. The lowest BCUT2D eigenvalue weighted by Crippen LogP contribution is -2.50. The van der Waals surface area contributed by atoms with Crippen molar-refractivity contribution in [1.82, 2.24) is 5.32 Å². The van der Waals surface area contributed by atoms with E-state index in [0.717, 1.165) is 0 Å². The Kier molecular flexibility index (Phi) is 5.63. The van der Waals surface area contributed by atoms with E-state index in [-0.39, 0.29) is 6.42 Å². The van der Waals surface area contributed by atoms with Gasteiger partial charge in [0.05, 0.1) is 6.42 Å². The highest BCUT2D eigenvalue weighted by Gasteiger charge is 2.61. The van der Waals surface area contributed by atoms with Crippen molar-refractivity contribution in [3.05, 3.63) is 0 Å². The molecular weight excluding hydrogens is 284 g/mol. The predicted octanol–water partition coefficient (Wildman–Crippen LogP) is 2.10. The zero-order valence-corrected chi connectivity index (χ0v) is 9.60. The SMILES string of the molecule is CCC(CC(=O)O)NC(=O)C(C(F)(F)F)C(F)(F)F. The van der Waals surface area contributed by atoms with Gasteiger partial charge in [0.15, 0.2) is 0 Å². The summed E-state index contributed by atoms with van der Waals surface area (Å²) in [6.07, 6.45) is -12.4. The van der Waals surface area contributed by atoms with Gasteiger partial charge < -0.3 is 10.4 Å². The number of hydrogen-bond donors (Lipinski definition) is 2. The van der Waals surface area contributed by atoms with Gasteiger partial charge in [-0.2, -0.15) is 26.3 Å². The van der Waals surface area contributed by atoms with Crippen LogP contribution in [0.25, 0.3) is 0 Å². The molecular formula is C9H11F6NO3. The Morgan fingerprint density at radius 1 is 1.11 bits per heavy atom. The summed E-state index contributed by atoms with van der Waals surface area (Å²) >= 11 is 0. The highest BCUT2D eigenvalue weighted by molar-refractivity contribution is 5.81. The molecule has 19 heavy (non-hydrogen) atoms. The van der Waals surface area contributed by atoms with E-state index in [4.69, 9.17) is 5.11 Å². The smallest absolute Gasteiger partial charge is 0.409 e. The van der Waals surface area contributed by atoms with Crippen molar-refractivity contribution >= 4 is 11.9 Å². The van der Waals surface area contributed by atoms with Gasteiger partial charge in [0.1, 0.15) is 0 Å². The van der Waals surface area contributed by atoms with E-state index < -0.39 is 42.6 Å². The minimum Gasteiger partial charge on any atom is -0.481 e. The van der Waals surface area contributed by atoms with Gasteiger partial charge in [-0.05, 0) is 6.42 Å². The molecule has 0 aromatic heterocycles. The van der Waals surface area contributed by atoms with Crippen LogP contribution in [0, 0.1) is 5.92 Å². The van der Waals surface area contributed by atoms with Gasteiger partial charge in [-0.15, -0.1) is 0 Å². The van der Waals surface area contributed by atoms with Crippen LogP contribution in [-0.4, -0.2) is 35.4 Å². The quantitative estimate of drug-likeness (QED) is 0.763. The van der Waals surface area contributed by atoms with E-state index in [0.29, 0.717) is 0 Å². The second-order valence-corrected chi connectivity index (χ2v) is 3.73. The molecule has 0 radical (unpaired) electrons. The van der Waals surface area contributed by atoms with Crippen molar-refractivity contribution in [3.8, 4) is 0 Å². The lowest BCUT2D eigenvalue weighted by Gasteiger charge is -2.24. The average Bonchev–Trinajstić information content (AvgIpc) is 2.10. The first-order valence-corrected chi connectivity index (χ1v) is 5.05. The van der Waals surface area contributed by atoms with Crippen LogP contribution in [-0.2, 0) is 9.59 Å². The van der Waals surface area contributed by atoms with Crippen LogP contribution in [0.1, 0.15) is 19.8 Å². The number of amides is 1. The standard InChI is InChI=1S/C9H11F6NO3/c1-2-4(3-5(17)18)16-7(19)6(8(10,11)12)9(13,14)15/h4,6H,2-3H2,1H3,(H,16,19)(H,17,18). The number of aliphatic carboxylic acids is 1. The Labute approximate surface area is 103 Å². The fraction of sp³-hybridized carbons (Fsp3) is 0.778. The average molecular weight is 295 g/mol. The van der Waals surface area contributed by atoms with Crippen LogP contribution in [0.4, 0.5) is 26.3 Å². The molecule has 0 spiro atoms. The highest BCUT2D eigenvalue weighted by Crippen LogP contribution is 2.39. The number of hydrogen-bond acceptors (Lipinski definition) is 2. The monoisotopic (exact) mass is 295 g/mol. The van der Waals surface area contributed by atoms with E-state index in [2.05, 4.69) is 0 Å². The van der Waals surface area contributed by atoms with Crippen molar-refractivity contribution in [2.24, 2.45) is 5.92 Å². The van der Waals surface area contributed by atoms with Crippen molar-refractivity contribution in [2.45, 2.75) is 38.2 Å². The maximum Gasteiger partial charge on any atom is 0.409 e. The number of carbonyl (C=O) groups is 2. The summed E-state index contributed by atoms with van der Waals surface area (Å²) in [6.45, 7) is 1.32. The molecule has 0 aliphatic rings. The Morgan fingerprint density at radius 3 is 1.79 bits per heavy atom. The zero-order chi connectivity index (χ0) is 15.4. The maximum atomic E-state index is 12.2. The first kappa shape index (κ1) is 17.5. The molecule has 0 saturated carbocycles. The summed E-state index contributed by atoms with van der Waals surface area (Å²) in [4.78, 5) is 21.4. The molecule has 1 atom stereocenters. The Bertz CT molecular complexity index is 324. The molecule has 0 heterocycles. The summed E-state index contributed by atoms with van der Waals surface area (Å²) in [6, 6.07) is -1.29. The number of carboxylic acids is 1. The summed E-state index contributed by atoms with van der Waals surface area (Å²) in [5.74, 6) is -7.90. The highest BCUT2D eigenvalue weighted by atomic mass is 19.4. The second-order valence-electron chi connectivity index (χ2n) is 3.73. The number of alkyl halides is 6. The molecule has 0 aromatic rings. The predicted molar refractivity (Wildman–Crippen MR) is 50.1 cm³/mol. The number of carboxylic acid groups (broad SMARTS) is 1. The van der Waals surface area contributed by atoms with Crippen molar-refractivity contribution in [1.29, 1.82) is 0 Å². The van der Waals surface area contributed by atoms with Gasteiger partial charge in [0.25, 0.3) is 0 Å². The summed E-state index contributed by atoms with van der Waals surface area (Å²) in [5.41, 5.74) is 0. The van der Waals surface area contributed by atoms with Crippen LogP contribution in [0.5, 0.6) is 0 Å². The largest absolute Gasteiger partial charge is 0.481 e. The van der Waals surface area contributed by atoms with Gasteiger partial charge in [-0.1, -0.05) is 6.92 Å². The van der Waals surface area contributed by atoms with E-state index in [1.807, 2.05) is 0 Å². The third-order valence-electron chi connectivity index (χ3n) is 2.18. The lowest BCUT2D eigenvalue weighted by molar-refractivity contribution is -0.274. The van der Waals surface area contributed by atoms with Gasteiger partial charge in [0, 0.05) is 6.04 Å². The molecule has 1 unspecified atom stereocenters. The molecule has 4 nitrogen and oxygen atoms in total. The molecule has 10 heteroatoms. The Balaban J connectivity index is 4.98. The molecule has 1 amide bonds. The minimum absolute atomic E-state index is 0.111. The number of halogens is 6. The molecule has 0 saturated heterocycles. The van der Waals surface area contributed by atoms with Crippen molar-refractivity contribution in [2.75, 3.05) is 0 Å².